The molecule has 9 N–H and O–H groups in total. The maximum Gasteiger partial charge on any atom is 0.472 e. The zero-order valence-corrected chi connectivity index (χ0v) is 38.8. The Hall–Kier alpha value is -0.700. The van der Waals surface area contributed by atoms with E-state index >= 15 is 0 Å². The number of phosphoric ester groups is 1. The van der Waals surface area contributed by atoms with Gasteiger partial charge in [-0.05, 0) is 12.8 Å². The Balaban J connectivity index is 2.47. The van der Waals surface area contributed by atoms with Gasteiger partial charge in [-0.25, -0.2) is 4.57 Å². The highest BCUT2D eigenvalue weighted by Crippen LogP contribution is 2.47. The van der Waals surface area contributed by atoms with Gasteiger partial charge in [-0.15, -0.1) is 0 Å². The van der Waals surface area contributed by atoms with Gasteiger partial charge in [0.15, 0.2) is 0 Å². The summed E-state index contributed by atoms with van der Waals surface area (Å²) in [7, 11) is -5.13. The minimum atomic E-state index is -5.13. The van der Waals surface area contributed by atoms with Crippen molar-refractivity contribution in [2.45, 2.75) is 281 Å². The lowest BCUT2D eigenvalue weighted by atomic mass is 9.85. The van der Waals surface area contributed by atoms with E-state index in [4.69, 9.17) is 9.05 Å². The second-order valence-corrected chi connectivity index (χ2v) is 19.2. The van der Waals surface area contributed by atoms with E-state index in [-0.39, 0.29) is 12.8 Å². The number of carbonyl (C=O) groups excluding carboxylic acids is 1. The molecule has 0 radical (unpaired) electrons. The summed E-state index contributed by atoms with van der Waals surface area (Å²) < 4.78 is 22.9. The molecule has 0 aromatic heterocycles. The Bertz CT molecular complexity index is 1040. The molecule has 0 aromatic carbocycles. The first-order chi connectivity index (χ1) is 28.9. The lowest BCUT2D eigenvalue weighted by Gasteiger charge is -2.41. The molecule has 1 saturated carbocycles. The molecule has 0 saturated heterocycles. The molecule has 0 spiro atoms. The van der Waals surface area contributed by atoms with Crippen LogP contribution in [0.3, 0.4) is 0 Å². The number of unbranched alkanes of at least 4 members (excludes halogenated alkanes) is 29. The molecule has 1 amide bonds. The first kappa shape index (κ1) is 57.3. The van der Waals surface area contributed by atoms with Crippen molar-refractivity contribution in [3.63, 3.8) is 0 Å². The van der Waals surface area contributed by atoms with Crippen molar-refractivity contribution in [3.8, 4) is 0 Å². The van der Waals surface area contributed by atoms with Crippen LogP contribution in [0.5, 0.6) is 0 Å². The van der Waals surface area contributed by atoms with E-state index in [0.29, 0.717) is 12.8 Å². The zero-order chi connectivity index (χ0) is 44.4. The Kier molecular flexibility index (Phi) is 35.0. The first-order valence-corrected chi connectivity index (χ1v) is 26.1. The van der Waals surface area contributed by atoms with Gasteiger partial charge in [0.05, 0.1) is 18.8 Å². The number of hydrogen-bond donors (Lipinski definition) is 9. The smallest absolute Gasteiger partial charge is 0.391 e. The molecule has 0 aliphatic heterocycles. The van der Waals surface area contributed by atoms with E-state index in [1.165, 1.54) is 141 Å². The average Bonchev–Trinajstić information content (AvgIpc) is 3.23. The lowest BCUT2D eigenvalue weighted by Crippen LogP contribution is -2.64. The van der Waals surface area contributed by atoms with Crippen LogP contribution in [0.4, 0.5) is 0 Å². The molecule has 1 rings (SSSR count). The van der Waals surface area contributed by atoms with Crippen molar-refractivity contribution < 1.29 is 59.0 Å². The van der Waals surface area contributed by atoms with E-state index in [9.17, 15) is 50.0 Å². The Morgan fingerprint density at radius 2 is 0.800 bits per heavy atom. The van der Waals surface area contributed by atoms with Crippen LogP contribution in [0.1, 0.15) is 226 Å². The van der Waals surface area contributed by atoms with Crippen molar-refractivity contribution in [2.24, 2.45) is 0 Å². The fraction of sp³-hybridized carbons (Fsp3) is 0.978. The number of hydrogen-bond acceptors (Lipinski definition) is 11. The van der Waals surface area contributed by atoms with Gasteiger partial charge in [0.2, 0.25) is 5.91 Å². The number of amides is 1. The number of phosphoric acid groups is 1. The molecule has 10 atom stereocenters. The maximum atomic E-state index is 13.1. The van der Waals surface area contributed by atoms with E-state index in [1.807, 2.05) is 0 Å². The number of carbonyl (C=O) groups is 1. The van der Waals surface area contributed by atoms with Crippen molar-refractivity contribution in [3.05, 3.63) is 0 Å². The molecule has 7 unspecified atom stereocenters. The fourth-order valence-electron chi connectivity index (χ4n) is 8.15. The molecule has 0 heterocycles. The second kappa shape index (κ2) is 36.6. The van der Waals surface area contributed by atoms with Crippen LogP contribution in [0.25, 0.3) is 0 Å². The van der Waals surface area contributed by atoms with Crippen LogP contribution in [0.2, 0.25) is 0 Å². The molecular formula is C46H92NO12P. The van der Waals surface area contributed by atoms with Crippen molar-refractivity contribution in [1.82, 2.24) is 5.32 Å². The van der Waals surface area contributed by atoms with Crippen LogP contribution in [-0.2, 0) is 18.4 Å². The topological polar surface area (TPSA) is 226 Å². The third kappa shape index (κ3) is 27.5. The van der Waals surface area contributed by atoms with Gasteiger partial charge in [0, 0.05) is 0 Å². The quantitative estimate of drug-likeness (QED) is 0.0208. The molecule has 60 heavy (non-hydrogen) atoms. The zero-order valence-electron chi connectivity index (χ0n) is 37.9. The molecule has 358 valence electrons. The molecule has 14 heteroatoms. The molecule has 0 bridgehead atoms. The predicted octanol–water partition coefficient (Wildman–Crippen LogP) is 8.43. The number of rotatable bonds is 41. The normalized spacial score (nSPS) is 23.3. The van der Waals surface area contributed by atoms with Crippen LogP contribution in [0.15, 0.2) is 0 Å². The van der Waals surface area contributed by atoms with E-state index < -0.39 is 75.2 Å². The highest BCUT2D eigenvalue weighted by atomic mass is 31.2. The molecule has 1 fully saturated rings. The van der Waals surface area contributed by atoms with Crippen LogP contribution >= 0.6 is 7.82 Å². The summed E-state index contributed by atoms with van der Waals surface area (Å²) in [5, 5.41) is 74.6. The van der Waals surface area contributed by atoms with E-state index in [1.54, 1.807) is 0 Å². The predicted molar refractivity (Wildman–Crippen MR) is 238 cm³/mol. The standard InChI is InChI=1S/C46H92NO12P/c1-3-5-7-9-11-13-15-17-18-19-20-21-23-25-27-29-31-33-35-39(49)46(55)47-37(38(48)34-32-30-28-26-24-22-16-14-12-10-8-6-4-2)36-58-60(56,57)59-45-43(53)41(51)40(50)42(52)44(45)54/h37-45,48-54H,3-36H2,1-2H3,(H,47,55)(H,56,57)/t37-,38+,39?,40?,41+,42?,43?,44?,45?/m0/s1. The van der Waals surface area contributed by atoms with Gasteiger partial charge in [0.1, 0.15) is 42.7 Å². The van der Waals surface area contributed by atoms with Gasteiger partial charge in [-0.3, -0.25) is 13.8 Å². The van der Waals surface area contributed by atoms with Gasteiger partial charge in [-0.1, -0.05) is 213 Å². The highest BCUT2D eigenvalue weighted by molar-refractivity contribution is 7.47. The molecule has 1 aliphatic rings. The van der Waals surface area contributed by atoms with Gasteiger partial charge in [0.25, 0.3) is 0 Å². The van der Waals surface area contributed by atoms with E-state index in [0.717, 1.165) is 44.9 Å². The maximum absolute atomic E-state index is 13.1. The molecule has 13 nitrogen and oxygen atoms in total. The van der Waals surface area contributed by atoms with Crippen molar-refractivity contribution >= 4 is 13.7 Å². The monoisotopic (exact) mass is 882 g/mol. The summed E-state index contributed by atoms with van der Waals surface area (Å²) in [4.78, 5) is 23.5. The van der Waals surface area contributed by atoms with Crippen LogP contribution < -0.4 is 5.32 Å². The Labute approximate surface area is 364 Å². The Morgan fingerprint density at radius 1 is 0.500 bits per heavy atom. The summed E-state index contributed by atoms with van der Waals surface area (Å²) in [5.74, 6) is -0.743. The minimum absolute atomic E-state index is 0.225. The van der Waals surface area contributed by atoms with E-state index in [2.05, 4.69) is 19.2 Å². The third-order valence-electron chi connectivity index (χ3n) is 12.3. The lowest BCUT2D eigenvalue weighted by molar-refractivity contribution is -0.220. The molecule has 0 aromatic rings. The Morgan fingerprint density at radius 3 is 1.15 bits per heavy atom. The number of nitrogens with one attached hydrogen (secondary N) is 1. The van der Waals surface area contributed by atoms with Gasteiger partial charge < -0.3 is 46.0 Å². The highest BCUT2D eigenvalue weighted by Gasteiger charge is 2.51. The van der Waals surface area contributed by atoms with Gasteiger partial charge >= 0.3 is 7.82 Å². The number of aliphatic hydroxyl groups is 7. The molecular weight excluding hydrogens is 789 g/mol. The summed E-state index contributed by atoms with van der Waals surface area (Å²) >= 11 is 0. The van der Waals surface area contributed by atoms with Crippen LogP contribution in [-0.4, -0.2) is 108 Å². The van der Waals surface area contributed by atoms with Crippen LogP contribution in [0, 0.1) is 0 Å². The SMILES string of the molecule is CCCCCCCCCCCCCCCCCCCCC(O)C(=O)N[C@@H](COP(=O)(O)OC1C(O)C(O)C(O)[C@@H](O)C1O)[C@H](O)CCCCCCCCCCCCCCC. The largest absolute Gasteiger partial charge is 0.472 e. The summed E-state index contributed by atoms with van der Waals surface area (Å²) in [6, 6.07) is -1.20. The summed E-state index contributed by atoms with van der Waals surface area (Å²) in [5.41, 5.74) is 0. The number of aliphatic hydroxyl groups excluding tert-OH is 7. The summed E-state index contributed by atoms with van der Waals surface area (Å²) in [6.45, 7) is 3.77. The van der Waals surface area contributed by atoms with Crippen molar-refractivity contribution in [2.75, 3.05) is 6.61 Å². The van der Waals surface area contributed by atoms with Crippen molar-refractivity contribution in [1.29, 1.82) is 0 Å². The van der Waals surface area contributed by atoms with Gasteiger partial charge in [-0.2, -0.15) is 0 Å². The third-order valence-corrected chi connectivity index (χ3v) is 13.3. The molecule has 1 aliphatic carbocycles. The fourth-order valence-corrected chi connectivity index (χ4v) is 9.12. The minimum Gasteiger partial charge on any atom is -0.391 e. The summed E-state index contributed by atoms with van der Waals surface area (Å²) in [6.07, 6.45) is 23.2. The average molecular weight is 882 g/mol. The second-order valence-electron chi connectivity index (χ2n) is 17.8. The first-order valence-electron chi connectivity index (χ1n) is 24.6.